The van der Waals surface area contributed by atoms with Crippen molar-refractivity contribution in [2.75, 3.05) is 18.2 Å². The molecule has 0 unspecified atom stereocenters. The molecular formula is C18H18N4O2S2. The molecule has 3 rings (SSSR count). The van der Waals surface area contributed by atoms with Gasteiger partial charge in [-0.1, -0.05) is 59.5 Å². The Labute approximate surface area is 159 Å². The van der Waals surface area contributed by atoms with Gasteiger partial charge in [-0.05, 0) is 30.2 Å². The average Bonchev–Trinajstić information content (AvgIpc) is 3.05. The molecule has 6 nitrogen and oxygen atoms in total. The van der Waals surface area contributed by atoms with Gasteiger partial charge in [0.25, 0.3) is 0 Å². The number of thioether (sulfide) groups is 1. The maximum absolute atomic E-state index is 13.0. The largest absolute Gasteiger partial charge is 0.495 e. The average molecular weight is 387 g/mol. The minimum Gasteiger partial charge on any atom is -0.495 e. The number of ether oxygens (including phenoxy) is 1. The SMILES string of the molecule is COc1ccc(C)cc1NC(=O)[C@H](Sc1nnc(N)s1)c1ccccc1. The summed E-state index contributed by atoms with van der Waals surface area (Å²) in [5.41, 5.74) is 8.20. The molecule has 0 fully saturated rings. The van der Waals surface area contributed by atoms with Crippen molar-refractivity contribution in [1.82, 2.24) is 10.2 Å². The van der Waals surface area contributed by atoms with E-state index in [-0.39, 0.29) is 5.91 Å². The number of nitrogen functional groups attached to an aromatic ring is 1. The van der Waals surface area contributed by atoms with Crippen LogP contribution in [0.1, 0.15) is 16.4 Å². The molecule has 3 aromatic rings. The van der Waals surface area contributed by atoms with Crippen LogP contribution in [0.25, 0.3) is 0 Å². The number of benzene rings is 2. The molecule has 0 bridgehead atoms. The molecule has 26 heavy (non-hydrogen) atoms. The number of carbonyl (C=O) groups excluding carboxylic acids is 1. The zero-order valence-corrected chi connectivity index (χ0v) is 15.9. The Balaban J connectivity index is 1.89. The first kappa shape index (κ1) is 18.2. The van der Waals surface area contributed by atoms with Gasteiger partial charge in [0.1, 0.15) is 11.0 Å². The molecule has 0 aliphatic rings. The van der Waals surface area contributed by atoms with Crippen molar-refractivity contribution < 1.29 is 9.53 Å². The van der Waals surface area contributed by atoms with Gasteiger partial charge in [0, 0.05) is 0 Å². The topological polar surface area (TPSA) is 90.1 Å². The predicted molar refractivity (Wildman–Crippen MR) is 106 cm³/mol. The number of methoxy groups -OCH3 is 1. The van der Waals surface area contributed by atoms with E-state index >= 15 is 0 Å². The van der Waals surface area contributed by atoms with Gasteiger partial charge in [-0.25, -0.2) is 0 Å². The van der Waals surface area contributed by atoms with Gasteiger partial charge in [0.05, 0.1) is 12.8 Å². The maximum Gasteiger partial charge on any atom is 0.242 e. The summed E-state index contributed by atoms with van der Waals surface area (Å²) in [6.45, 7) is 1.96. The van der Waals surface area contributed by atoms with Crippen LogP contribution in [0.2, 0.25) is 0 Å². The number of rotatable bonds is 6. The molecule has 0 spiro atoms. The summed E-state index contributed by atoms with van der Waals surface area (Å²) < 4.78 is 5.99. The Bertz CT molecular complexity index is 899. The molecule has 0 aliphatic heterocycles. The van der Waals surface area contributed by atoms with Crippen molar-refractivity contribution in [2.24, 2.45) is 0 Å². The fourth-order valence-electron chi connectivity index (χ4n) is 2.39. The molecule has 1 heterocycles. The molecular weight excluding hydrogens is 368 g/mol. The summed E-state index contributed by atoms with van der Waals surface area (Å²) in [7, 11) is 1.58. The van der Waals surface area contributed by atoms with Crippen LogP contribution in [0, 0.1) is 6.92 Å². The molecule has 1 amide bonds. The van der Waals surface area contributed by atoms with Gasteiger partial charge >= 0.3 is 0 Å². The van der Waals surface area contributed by atoms with Crippen molar-refractivity contribution in [3.63, 3.8) is 0 Å². The number of nitrogens with two attached hydrogens (primary N) is 1. The number of nitrogens with zero attached hydrogens (tertiary/aromatic N) is 2. The highest BCUT2D eigenvalue weighted by Crippen LogP contribution is 2.38. The second-order valence-corrected chi connectivity index (χ2v) is 7.87. The second-order valence-electron chi connectivity index (χ2n) is 5.51. The molecule has 0 saturated carbocycles. The summed E-state index contributed by atoms with van der Waals surface area (Å²) in [4.78, 5) is 13.0. The van der Waals surface area contributed by atoms with E-state index in [2.05, 4.69) is 15.5 Å². The summed E-state index contributed by atoms with van der Waals surface area (Å²) in [5.74, 6) is 0.444. The third kappa shape index (κ3) is 4.33. The zero-order valence-electron chi connectivity index (χ0n) is 14.3. The molecule has 1 atom stereocenters. The summed E-state index contributed by atoms with van der Waals surface area (Å²) in [6, 6.07) is 15.2. The normalized spacial score (nSPS) is 11.8. The number of nitrogens with one attached hydrogen (secondary N) is 1. The van der Waals surface area contributed by atoms with E-state index in [9.17, 15) is 4.79 Å². The van der Waals surface area contributed by atoms with E-state index in [4.69, 9.17) is 10.5 Å². The van der Waals surface area contributed by atoms with Gasteiger partial charge in [-0.15, -0.1) is 10.2 Å². The van der Waals surface area contributed by atoms with Crippen LogP contribution in [0.4, 0.5) is 10.8 Å². The zero-order chi connectivity index (χ0) is 18.5. The summed E-state index contributed by atoms with van der Waals surface area (Å²) >= 11 is 2.58. The molecule has 0 aliphatic carbocycles. The maximum atomic E-state index is 13.0. The van der Waals surface area contributed by atoms with Gasteiger partial charge in [0.2, 0.25) is 11.0 Å². The Kier molecular flexibility index (Phi) is 5.75. The van der Waals surface area contributed by atoms with Crippen LogP contribution in [0.15, 0.2) is 52.9 Å². The monoisotopic (exact) mass is 386 g/mol. The van der Waals surface area contributed by atoms with Crippen LogP contribution in [0.3, 0.4) is 0 Å². The Morgan fingerprint density at radius 3 is 2.65 bits per heavy atom. The van der Waals surface area contributed by atoms with Crippen molar-refractivity contribution in [1.29, 1.82) is 0 Å². The lowest BCUT2D eigenvalue weighted by Gasteiger charge is -2.17. The minimum absolute atomic E-state index is 0.168. The van der Waals surface area contributed by atoms with Gasteiger partial charge in [0.15, 0.2) is 4.34 Å². The van der Waals surface area contributed by atoms with Crippen LogP contribution in [-0.2, 0) is 4.79 Å². The Hall–Kier alpha value is -2.58. The highest BCUT2D eigenvalue weighted by atomic mass is 32.2. The number of aryl methyl sites for hydroxylation is 1. The Morgan fingerprint density at radius 2 is 2.00 bits per heavy atom. The highest BCUT2D eigenvalue weighted by molar-refractivity contribution is 8.02. The van der Waals surface area contributed by atoms with E-state index in [1.54, 1.807) is 7.11 Å². The van der Waals surface area contributed by atoms with Crippen LogP contribution >= 0.6 is 23.1 Å². The van der Waals surface area contributed by atoms with E-state index in [0.717, 1.165) is 11.1 Å². The minimum atomic E-state index is -0.492. The lowest BCUT2D eigenvalue weighted by atomic mass is 10.1. The molecule has 0 radical (unpaired) electrons. The Morgan fingerprint density at radius 1 is 1.23 bits per heavy atom. The number of anilines is 2. The van der Waals surface area contributed by atoms with Gasteiger partial charge in [-0.3, -0.25) is 4.79 Å². The number of hydrogen-bond acceptors (Lipinski definition) is 7. The first-order valence-corrected chi connectivity index (χ1v) is 9.52. The van der Waals surface area contributed by atoms with E-state index in [1.807, 2.05) is 55.5 Å². The fourth-order valence-corrected chi connectivity index (χ4v) is 4.22. The molecule has 0 saturated heterocycles. The third-order valence-corrected chi connectivity index (χ3v) is 5.69. The number of amides is 1. The van der Waals surface area contributed by atoms with Gasteiger partial charge < -0.3 is 15.8 Å². The van der Waals surface area contributed by atoms with Crippen LogP contribution in [-0.4, -0.2) is 23.2 Å². The van der Waals surface area contributed by atoms with Crippen molar-refractivity contribution in [3.8, 4) is 5.75 Å². The first-order chi connectivity index (χ1) is 12.6. The van der Waals surface area contributed by atoms with Crippen LogP contribution in [0.5, 0.6) is 5.75 Å². The fraction of sp³-hybridized carbons (Fsp3) is 0.167. The van der Waals surface area contributed by atoms with E-state index < -0.39 is 5.25 Å². The van der Waals surface area contributed by atoms with Crippen molar-refractivity contribution in [3.05, 3.63) is 59.7 Å². The second kappa shape index (κ2) is 8.20. The van der Waals surface area contributed by atoms with E-state index in [0.29, 0.717) is 20.9 Å². The van der Waals surface area contributed by atoms with Gasteiger partial charge in [-0.2, -0.15) is 0 Å². The summed E-state index contributed by atoms with van der Waals surface area (Å²) in [5, 5.41) is 10.7. The standard InChI is InChI=1S/C18H18N4O2S2/c1-11-8-9-14(24-2)13(10-11)20-16(23)15(12-6-4-3-5-7-12)25-18-22-21-17(19)26-18/h3-10,15H,1-2H3,(H2,19,21)(H,20,23)/t15-/m1/s1. The smallest absolute Gasteiger partial charge is 0.242 e. The third-order valence-electron chi connectivity index (χ3n) is 3.59. The molecule has 3 N–H and O–H groups in total. The van der Waals surface area contributed by atoms with Crippen molar-refractivity contribution >= 4 is 39.8 Å². The highest BCUT2D eigenvalue weighted by Gasteiger charge is 2.24. The number of hydrogen-bond donors (Lipinski definition) is 2. The first-order valence-electron chi connectivity index (χ1n) is 7.83. The predicted octanol–water partition coefficient (Wildman–Crippen LogP) is 3.91. The molecule has 134 valence electrons. The van der Waals surface area contributed by atoms with Crippen LogP contribution < -0.4 is 15.8 Å². The number of aromatic nitrogens is 2. The molecule has 8 heteroatoms. The molecule has 1 aromatic heterocycles. The van der Waals surface area contributed by atoms with Crippen molar-refractivity contribution in [2.45, 2.75) is 16.5 Å². The lowest BCUT2D eigenvalue weighted by Crippen LogP contribution is -2.19. The van der Waals surface area contributed by atoms with E-state index in [1.165, 1.54) is 23.1 Å². The molecule has 2 aromatic carbocycles. The number of carbonyl (C=O) groups is 1. The lowest BCUT2D eigenvalue weighted by molar-refractivity contribution is -0.115. The quantitative estimate of drug-likeness (QED) is 0.624. The summed E-state index contributed by atoms with van der Waals surface area (Å²) in [6.07, 6.45) is 0.